The molecule has 2 aromatic carbocycles. The lowest BCUT2D eigenvalue weighted by molar-refractivity contribution is -0.117. The van der Waals surface area contributed by atoms with Gasteiger partial charge in [-0.3, -0.25) is 14.5 Å². The van der Waals surface area contributed by atoms with Crippen molar-refractivity contribution >= 4 is 34.2 Å². The van der Waals surface area contributed by atoms with Gasteiger partial charge in [0, 0.05) is 11.6 Å². The molecule has 1 atom stereocenters. The number of rotatable bonds is 8. The van der Waals surface area contributed by atoms with E-state index in [1.807, 2.05) is 37.3 Å². The molecule has 1 aliphatic rings. The highest BCUT2D eigenvalue weighted by Gasteiger charge is 2.44. The van der Waals surface area contributed by atoms with Gasteiger partial charge in [-0.1, -0.05) is 55.5 Å². The van der Waals surface area contributed by atoms with Crippen molar-refractivity contribution in [1.82, 2.24) is 4.98 Å². The molecule has 0 saturated heterocycles. The Morgan fingerprint density at radius 2 is 1.94 bits per heavy atom. The van der Waals surface area contributed by atoms with Crippen molar-refractivity contribution in [3.63, 3.8) is 0 Å². The summed E-state index contributed by atoms with van der Waals surface area (Å²) in [5.74, 6) is -0.937. The fraction of sp³-hybridized carbons (Fsp3) is 0.160. The minimum absolute atomic E-state index is 0.0274. The highest BCUT2D eigenvalue weighted by atomic mass is 32.1. The largest absolute Gasteiger partial charge is 0.503 e. The lowest BCUT2D eigenvalue weighted by atomic mass is 9.95. The number of ketones is 1. The number of carbonyl (C=O) groups excluding carboxylic acids is 2. The summed E-state index contributed by atoms with van der Waals surface area (Å²) in [6.45, 7) is 2.63. The maximum Gasteiger partial charge on any atom is 0.296 e. The Morgan fingerprint density at radius 3 is 2.59 bits per heavy atom. The minimum Gasteiger partial charge on any atom is -0.503 e. The molecule has 7 heteroatoms. The zero-order chi connectivity index (χ0) is 22.5. The van der Waals surface area contributed by atoms with Crippen molar-refractivity contribution in [2.75, 3.05) is 11.5 Å². The van der Waals surface area contributed by atoms with E-state index >= 15 is 0 Å². The van der Waals surface area contributed by atoms with Gasteiger partial charge in [0.05, 0.1) is 18.2 Å². The van der Waals surface area contributed by atoms with Crippen LogP contribution in [0.1, 0.15) is 30.5 Å². The number of allylic oxidation sites excluding steroid dienone is 1. The highest BCUT2D eigenvalue weighted by Crippen LogP contribution is 2.42. The van der Waals surface area contributed by atoms with Gasteiger partial charge in [-0.15, -0.1) is 11.3 Å². The summed E-state index contributed by atoms with van der Waals surface area (Å²) in [4.78, 5) is 31.7. The van der Waals surface area contributed by atoms with Gasteiger partial charge in [-0.05, 0) is 35.8 Å². The predicted octanol–water partition coefficient (Wildman–Crippen LogP) is 5.11. The first kappa shape index (κ1) is 21.5. The Kier molecular flexibility index (Phi) is 6.47. The summed E-state index contributed by atoms with van der Waals surface area (Å²) < 4.78 is 5.65. The van der Waals surface area contributed by atoms with Crippen molar-refractivity contribution in [2.45, 2.75) is 19.4 Å². The molecule has 1 amide bonds. The molecule has 0 bridgehead atoms. The summed E-state index contributed by atoms with van der Waals surface area (Å²) >= 11 is 1.26. The van der Waals surface area contributed by atoms with E-state index < -0.39 is 23.5 Å². The normalized spacial score (nSPS) is 16.2. The van der Waals surface area contributed by atoms with Crippen LogP contribution < -0.4 is 9.64 Å². The van der Waals surface area contributed by atoms with Gasteiger partial charge in [0.2, 0.25) is 0 Å². The van der Waals surface area contributed by atoms with Crippen LogP contribution in [-0.4, -0.2) is 28.4 Å². The molecule has 0 spiro atoms. The fourth-order valence-electron chi connectivity index (χ4n) is 3.50. The first-order valence-electron chi connectivity index (χ1n) is 10.3. The highest BCUT2D eigenvalue weighted by molar-refractivity contribution is 7.13. The molecule has 0 aliphatic carbocycles. The summed E-state index contributed by atoms with van der Waals surface area (Å²) in [6.07, 6.45) is 5.51. The number of hydrogen-bond donors (Lipinski definition) is 1. The number of anilines is 1. The number of hydrogen-bond acceptors (Lipinski definition) is 6. The quantitative estimate of drug-likeness (QED) is 0.486. The van der Waals surface area contributed by atoms with E-state index in [2.05, 4.69) is 4.98 Å². The third-order valence-electron chi connectivity index (χ3n) is 4.99. The average Bonchev–Trinajstić information content (AvgIpc) is 3.44. The number of thiazole rings is 1. The predicted molar refractivity (Wildman–Crippen MR) is 125 cm³/mol. The number of ether oxygens (including phenoxy) is 1. The molecule has 1 N–H and O–H groups in total. The van der Waals surface area contributed by atoms with E-state index in [4.69, 9.17) is 4.74 Å². The van der Waals surface area contributed by atoms with Crippen LogP contribution in [0.2, 0.25) is 0 Å². The number of nitrogens with zero attached hydrogens (tertiary/aromatic N) is 2. The van der Waals surface area contributed by atoms with Crippen molar-refractivity contribution in [2.24, 2.45) is 0 Å². The fourth-order valence-corrected chi connectivity index (χ4v) is 4.16. The smallest absolute Gasteiger partial charge is 0.296 e. The first-order chi connectivity index (χ1) is 15.6. The van der Waals surface area contributed by atoms with E-state index in [0.717, 1.165) is 12.0 Å². The maximum absolute atomic E-state index is 13.2. The molecule has 1 unspecified atom stereocenters. The van der Waals surface area contributed by atoms with Gasteiger partial charge in [0.1, 0.15) is 5.75 Å². The molecule has 4 rings (SSSR count). The molecule has 32 heavy (non-hydrogen) atoms. The number of aliphatic hydroxyl groups is 1. The van der Waals surface area contributed by atoms with Crippen LogP contribution in [0.4, 0.5) is 5.13 Å². The summed E-state index contributed by atoms with van der Waals surface area (Å²) in [5.41, 5.74) is 1.55. The van der Waals surface area contributed by atoms with E-state index in [-0.39, 0.29) is 5.57 Å². The molecule has 162 valence electrons. The zero-order valence-electron chi connectivity index (χ0n) is 17.5. The third-order valence-corrected chi connectivity index (χ3v) is 5.77. The molecule has 1 aliphatic heterocycles. The number of benzene rings is 2. The van der Waals surface area contributed by atoms with Gasteiger partial charge < -0.3 is 9.84 Å². The maximum atomic E-state index is 13.2. The lowest BCUT2D eigenvalue weighted by Crippen LogP contribution is -2.30. The second kappa shape index (κ2) is 9.62. The van der Waals surface area contributed by atoms with Crippen molar-refractivity contribution in [1.29, 1.82) is 0 Å². The molecular formula is C25H22N2O4S. The van der Waals surface area contributed by atoms with Crippen LogP contribution in [0.3, 0.4) is 0 Å². The average molecular weight is 447 g/mol. The molecular weight excluding hydrogens is 424 g/mol. The van der Waals surface area contributed by atoms with Gasteiger partial charge in [0.25, 0.3) is 5.91 Å². The zero-order valence-corrected chi connectivity index (χ0v) is 18.3. The topological polar surface area (TPSA) is 79.7 Å². The molecule has 1 aromatic heterocycles. The van der Waals surface area contributed by atoms with Crippen LogP contribution in [0.5, 0.6) is 5.75 Å². The number of aliphatic hydroxyl groups excluding tert-OH is 1. The summed E-state index contributed by atoms with van der Waals surface area (Å²) in [6, 6.07) is 15.8. The number of aromatic nitrogens is 1. The van der Waals surface area contributed by atoms with Crippen LogP contribution in [0.25, 0.3) is 6.08 Å². The number of amides is 1. The summed E-state index contributed by atoms with van der Waals surface area (Å²) in [5, 5.41) is 12.8. The van der Waals surface area contributed by atoms with Gasteiger partial charge in [-0.2, -0.15) is 0 Å². The van der Waals surface area contributed by atoms with E-state index in [9.17, 15) is 14.7 Å². The molecule has 0 radical (unpaired) electrons. The van der Waals surface area contributed by atoms with Crippen LogP contribution in [0, 0.1) is 0 Å². The molecule has 3 aromatic rings. The van der Waals surface area contributed by atoms with E-state index in [1.165, 1.54) is 22.3 Å². The third kappa shape index (κ3) is 4.33. The van der Waals surface area contributed by atoms with Crippen LogP contribution >= 0.6 is 11.3 Å². The van der Waals surface area contributed by atoms with E-state index in [1.54, 1.807) is 41.9 Å². The Hall–Kier alpha value is -3.71. The Bertz CT molecular complexity index is 1150. The SMILES string of the molecule is CCCOc1ccc(C2C(C(=O)/C=C/c3ccccc3)=C(O)C(=O)N2c2nccs2)cc1. The summed E-state index contributed by atoms with van der Waals surface area (Å²) in [7, 11) is 0. The Balaban J connectivity index is 1.71. The standard InChI is InChI=1S/C25H22N2O4S/c1-2-15-31-19-11-9-18(10-12-19)22-21(20(28)13-8-17-6-4-3-5-7-17)23(29)24(30)27(22)25-26-14-16-32-25/h3-14,16,22,29H,2,15H2,1H3/b13-8+. The monoisotopic (exact) mass is 446 g/mol. The molecule has 2 heterocycles. The molecule has 0 fully saturated rings. The van der Waals surface area contributed by atoms with Crippen molar-refractivity contribution < 1.29 is 19.4 Å². The first-order valence-corrected chi connectivity index (χ1v) is 11.1. The van der Waals surface area contributed by atoms with Crippen LogP contribution in [-0.2, 0) is 9.59 Å². The van der Waals surface area contributed by atoms with Crippen molar-refractivity contribution in [3.8, 4) is 5.75 Å². The second-order valence-corrected chi connectivity index (χ2v) is 8.05. The van der Waals surface area contributed by atoms with Crippen molar-refractivity contribution in [3.05, 3.63) is 94.7 Å². The minimum atomic E-state index is -0.790. The lowest BCUT2D eigenvalue weighted by Gasteiger charge is -2.24. The Labute approximate surface area is 190 Å². The van der Waals surface area contributed by atoms with Gasteiger partial charge >= 0.3 is 0 Å². The Morgan fingerprint density at radius 1 is 1.19 bits per heavy atom. The molecule has 0 saturated carbocycles. The van der Waals surface area contributed by atoms with Crippen LogP contribution in [0.15, 0.2) is 83.6 Å². The van der Waals surface area contributed by atoms with E-state index in [0.29, 0.717) is 23.1 Å². The second-order valence-electron chi connectivity index (χ2n) is 7.18. The molecule has 6 nitrogen and oxygen atoms in total. The van der Waals surface area contributed by atoms with Gasteiger partial charge in [0.15, 0.2) is 16.7 Å². The van der Waals surface area contributed by atoms with Gasteiger partial charge in [-0.25, -0.2) is 4.98 Å². The number of carbonyl (C=O) groups is 2.